The van der Waals surface area contributed by atoms with E-state index >= 15 is 0 Å². The SMILES string of the molecule is Cc1cccc(C2(C(=O)NC(C)c3ncc[nH]3)CCC2)c1. The smallest absolute Gasteiger partial charge is 0.231 e. The first-order valence-corrected chi connectivity index (χ1v) is 7.49. The molecular weight excluding hydrogens is 262 g/mol. The molecule has 0 bridgehead atoms. The molecule has 1 aromatic heterocycles. The van der Waals surface area contributed by atoms with Crippen LogP contribution in [-0.4, -0.2) is 15.9 Å². The van der Waals surface area contributed by atoms with Crippen molar-refractivity contribution in [2.45, 2.75) is 44.6 Å². The molecule has 1 aromatic carbocycles. The standard InChI is InChI=1S/C17H21N3O/c1-12-5-3-6-14(11-12)17(7-4-8-17)16(21)20-13(2)15-18-9-10-19-15/h3,5-6,9-11,13H,4,7-8H2,1-2H3,(H,18,19)(H,20,21). The molecule has 0 radical (unpaired) electrons. The maximum Gasteiger partial charge on any atom is 0.231 e. The van der Waals surface area contributed by atoms with Gasteiger partial charge >= 0.3 is 0 Å². The predicted octanol–water partition coefficient (Wildman–Crippen LogP) is 3.02. The van der Waals surface area contributed by atoms with Gasteiger partial charge in [0.2, 0.25) is 5.91 Å². The molecule has 1 fully saturated rings. The number of hydrogen-bond acceptors (Lipinski definition) is 2. The van der Waals surface area contributed by atoms with Crippen LogP contribution < -0.4 is 5.32 Å². The number of carbonyl (C=O) groups excluding carboxylic acids is 1. The summed E-state index contributed by atoms with van der Waals surface area (Å²) in [7, 11) is 0. The Kier molecular flexibility index (Phi) is 3.53. The van der Waals surface area contributed by atoms with Crippen LogP contribution in [0, 0.1) is 6.92 Å². The van der Waals surface area contributed by atoms with Crippen LogP contribution >= 0.6 is 0 Å². The molecule has 1 aliphatic rings. The van der Waals surface area contributed by atoms with E-state index in [9.17, 15) is 4.79 Å². The Balaban J connectivity index is 1.81. The van der Waals surface area contributed by atoms with E-state index in [0.717, 1.165) is 30.7 Å². The maximum atomic E-state index is 12.8. The predicted molar refractivity (Wildman–Crippen MR) is 81.9 cm³/mol. The lowest BCUT2D eigenvalue weighted by atomic mass is 9.63. The van der Waals surface area contributed by atoms with Gasteiger partial charge in [-0.15, -0.1) is 0 Å². The molecule has 4 heteroatoms. The zero-order valence-electron chi connectivity index (χ0n) is 12.5. The van der Waals surface area contributed by atoms with Crippen LogP contribution in [-0.2, 0) is 10.2 Å². The second-order valence-electron chi connectivity index (χ2n) is 5.97. The van der Waals surface area contributed by atoms with Gasteiger partial charge in [-0.2, -0.15) is 0 Å². The van der Waals surface area contributed by atoms with E-state index < -0.39 is 0 Å². The van der Waals surface area contributed by atoms with Gasteiger partial charge in [0.15, 0.2) is 0 Å². The third kappa shape index (κ3) is 2.46. The van der Waals surface area contributed by atoms with Gasteiger partial charge in [-0.1, -0.05) is 36.2 Å². The number of nitrogens with zero attached hydrogens (tertiary/aromatic N) is 1. The summed E-state index contributed by atoms with van der Waals surface area (Å²) in [5.74, 6) is 0.908. The summed E-state index contributed by atoms with van der Waals surface area (Å²) in [6, 6.07) is 8.21. The number of imidazole rings is 1. The third-order valence-corrected chi connectivity index (χ3v) is 4.49. The lowest BCUT2D eigenvalue weighted by Gasteiger charge is -2.41. The second kappa shape index (κ2) is 5.35. The molecule has 0 saturated heterocycles. The zero-order chi connectivity index (χ0) is 14.9. The highest BCUT2D eigenvalue weighted by Gasteiger charge is 2.46. The Labute approximate surface area is 125 Å². The summed E-state index contributed by atoms with van der Waals surface area (Å²) >= 11 is 0. The average molecular weight is 283 g/mol. The van der Waals surface area contributed by atoms with E-state index in [2.05, 4.69) is 40.4 Å². The number of hydrogen-bond donors (Lipinski definition) is 2. The van der Waals surface area contributed by atoms with Gasteiger partial charge < -0.3 is 10.3 Å². The van der Waals surface area contributed by atoms with Crippen molar-refractivity contribution in [3.05, 3.63) is 53.6 Å². The number of aromatic nitrogens is 2. The van der Waals surface area contributed by atoms with E-state index in [1.165, 1.54) is 5.56 Å². The normalized spacial score (nSPS) is 17.8. The van der Waals surface area contributed by atoms with E-state index in [-0.39, 0.29) is 17.4 Å². The van der Waals surface area contributed by atoms with Crippen molar-refractivity contribution < 1.29 is 4.79 Å². The van der Waals surface area contributed by atoms with Gasteiger partial charge in [0.1, 0.15) is 5.82 Å². The summed E-state index contributed by atoms with van der Waals surface area (Å²) in [6.07, 6.45) is 6.44. The largest absolute Gasteiger partial charge is 0.347 e. The number of nitrogens with one attached hydrogen (secondary N) is 2. The van der Waals surface area contributed by atoms with Crippen LogP contribution in [0.3, 0.4) is 0 Å². The summed E-state index contributed by atoms with van der Waals surface area (Å²) in [6.45, 7) is 4.03. The van der Waals surface area contributed by atoms with Crippen LogP contribution in [0.25, 0.3) is 0 Å². The van der Waals surface area contributed by atoms with Crippen molar-refractivity contribution in [1.82, 2.24) is 15.3 Å². The summed E-state index contributed by atoms with van der Waals surface area (Å²) in [5.41, 5.74) is 1.98. The first-order chi connectivity index (χ1) is 10.1. The van der Waals surface area contributed by atoms with Crippen molar-refractivity contribution in [2.75, 3.05) is 0 Å². The molecule has 2 N–H and O–H groups in total. The molecule has 4 nitrogen and oxygen atoms in total. The van der Waals surface area contributed by atoms with Gasteiger partial charge in [0, 0.05) is 12.4 Å². The third-order valence-electron chi connectivity index (χ3n) is 4.49. The fraction of sp³-hybridized carbons (Fsp3) is 0.412. The Hall–Kier alpha value is -2.10. The molecule has 1 saturated carbocycles. The number of benzene rings is 1. The molecule has 1 atom stereocenters. The maximum absolute atomic E-state index is 12.8. The zero-order valence-corrected chi connectivity index (χ0v) is 12.5. The first kappa shape index (κ1) is 13.9. The Bertz CT molecular complexity index is 629. The van der Waals surface area contributed by atoms with Crippen molar-refractivity contribution in [2.24, 2.45) is 0 Å². The van der Waals surface area contributed by atoms with E-state index in [1.807, 2.05) is 13.0 Å². The molecular formula is C17H21N3O. The van der Waals surface area contributed by atoms with Gasteiger partial charge in [0.05, 0.1) is 11.5 Å². The number of rotatable bonds is 4. The molecule has 2 aromatic rings. The minimum Gasteiger partial charge on any atom is -0.347 e. The molecule has 1 heterocycles. The topological polar surface area (TPSA) is 57.8 Å². The van der Waals surface area contributed by atoms with Gasteiger partial charge in [0.25, 0.3) is 0 Å². The highest BCUT2D eigenvalue weighted by molar-refractivity contribution is 5.89. The monoisotopic (exact) mass is 283 g/mol. The Morgan fingerprint density at radius 2 is 2.24 bits per heavy atom. The van der Waals surface area contributed by atoms with Crippen LogP contribution in [0.5, 0.6) is 0 Å². The molecule has 1 aliphatic carbocycles. The van der Waals surface area contributed by atoms with Gasteiger partial charge in [-0.3, -0.25) is 4.79 Å². The lowest BCUT2D eigenvalue weighted by molar-refractivity contribution is -0.130. The molecule has 110 valence electrons. The minimum atomic E-state index is -0.354. The highest BCUT2D eigenvalue weighted by atomic mass is 16.2. The number of aromatic amines is 1. The van der Waals surface area contributed by atoms with Gasteiger partial charge in [-0.25, -0.2) is 4.98 Å². The number of H-pyrrole nitrogens is 1. The molecule has 1 unspecified atom stereocenters. The summed E-state index contributed by atoms with van der Waals surface area (Å²) in [5, 5.41) is 3.11. The minimum absolute atomic E-state index is 0.102. The molecule has 3 rings (SSSR count). The quantitative estimate of drug-likeness (QED) is 0.906. The second-order valence-corrected chi connectivity index (χ2v) is 5.97. The molecule has 21 heavy (non-hydrogen) atoms. The van der Waals surface area contributed by atoms with Crippen LogP contribution in [0.1, 0.15) is 49.2 Å². The van der Waals surface area contributed by atoms with Crippen molar-refractivity contribution in [3.8, 4) is 0 Å². The Morgan fingerprint density at radius 1 is 1.43 bits per heavy atom. The van der Waals surface area contributed by atoms with Gasteiger partial charge in [-0.05, 0) is 32.3 Å². The lowest BCUT2D eigenvalue weighted by Crippen LogP contribution is -2.49. The fourth-order valence-electron chi connectivity index (χ4n) is 3.04. The summed E-state index contributed by atoms with van der Waals surface area (Å²) in [4.78, 5) is 20.1. The summed E-state index contributed by atoms with van der Waals surface area (Å²) < 4.78 is 0. The van der Waals surface area contributed by atoms with Crippen LogP contribution in [0.4, 0.5) is 0 Å². The fourth-order valence-corrected chi connectivity index (χ4v) is 3.04. The van der Waals surface area contributed by atoms with E-state index in [4.69, 9.17) is 0 Å². The van der Waals surface area contributed by atoms with Crippen molar-refractivity contribution >= 4 is 5.91 Å². The Morgan fingerprint density at radius 3 is 2.81 bits per heavy atom. The molecule has 0 aliphatic heterocycles. The van der Waals surface area contributed by atoms with Crippen molar-refractivity contribution in [3.63, 3.8) is 0 Å². The van der Waals surface area contributed by atoms with Crippen LogP contribution in [0.2, 0.25) is 0 Å². The highest BCUT2D eigenvalue weighted by Crippen LogP contribution is 2.44. The number of carbonyl (C=O) groups is 1. The number of aryl methyl sites for hydroxylation is 1. The molecule has 1 amide bonds. The van der Waals surface area contributed by atoms with Crippen molar-refractivity contribution in [1.29, 1.82) is 0 Å². The average Bonchev–Trinajstić information content (AvgIpc) is 2.91. The van der Waals surface area contributed by atoms with Crippen LogP contribution in [0.15, 0.2) is 36.7 Å². The first-order valence-electron chi connectivity index (χ1n) is 7.49. The van der Waals surface area contributed by atoms with E-state index in [0.29, 0.717) is 0 Å². The molecule has 0 spiro atoms. The van der Waals surface area contributed by atoms with E-state index in [1.54, 1.807) is 12.4 Å². The number of amides is 1.